The molecule has 4 rings (SSSR count). The van der Waals surface area contributed by atoms with Gasteiger partial charge in [0.05, 0.1) is 0 Å². The van der Waals surface area contributed by atoms with Crippen molar-refractivity contribution in [3.8, 4) is 0 Å². The topological polar surface area (TPSA) is 55.5 Å². The van der Waals surface area contributed by atoms with Crippen LogP contribution in [-0.4, -0.2) is 37.6 Å². The van der Waals surface area contributed by atoms with Crippen LogP contribution in [-0.2, 0) is 13.0 Å². The number of rotatable bonds is 6. The highest BCUT2D eigenvalue weighted by molar-refractivity contribution is 14.0. The summed E-state index contributed by atoms with van der Waals surface area (Å²) in [4.78, 5) is 9.76. The molecule has 0 aliphatic carbocycles. The summed E-state index contributed by atoms with van der Waals surface area (Å²) in [5.74, 6) is 0.544. The summed E-state index contributed by atoms with van der Waals surface area (Å²) in [7, 11) is 1.77. The number of fused-ring (bicyclic) bond motifs is 1. The Morgan fingerprint density at radius 3 is 2.60 bits per heavy atom. The fraction of sp³-hybridized carbons (Fsp3) is 0.261. The van der Waals surface area contributed by atoms with E-state index < -0.39 is 0 Å². The molecule has 1 aliphatic rings. The maximum absolute atomic E-state index is 13.3. The molecule has 30 heavy (non-hydrogen) atoms. The van der Waals surface area contributed by atoms with Crippen LogP contribution in [0, 0.1) is 5.82 Å². The lowest BCUT2D eigenvalue weighted by atomic mass is 10.1. The summed E-state index contributed by atoms with van der Waals surface area (Å²) in [6, 6.07) is 13.5. The molecule has 0 saturated heterocycles. The van der Waals surface area contributed by atoms with Crippen molar-refractivity contribution in [2.45, 2.75) is 13.0 Å². The predicted octanol–water partition coefficient (Wildman–Crippen LogP) is 4.21. The second kappa shape index (κ2) is 10.5. The van der Waals surface area contributed by atoms with Crippen molar-refractivity contribution in [2.24, 2.45) is 4.99 Å². The van der Waals surface area contributed by atoms with E-state index in [1.54, 1.807) is 7.05 Å². The number of anilines is 1. The molecule has 7 heteroatoms. The van der Waals surface area contributed by atoms with E-state index in [0.717, 1.165) is 48.5 Å². The van der Waals surface area contributed by atoms with Gasteiger partial charge in [0.1, 0.15) is 5.82 Å². The van der Waals surface area contributed by atoms with E-state index in [4.69, 9.17) is 0 Å². The quantitative estimate of drug-likeness (QED) is 0.198. The fourth-order valence-corrected chi connectivity index (χ4v) is 3.60. The van der Waals surface area contributed by atoms with Crippen LogP contribution < -0.4 is 15.5 Å². The van der Waals surface area contributed by atoms with Crippen molar-refractivity contribution in [3.05, 3.63) is 77.8 Å². The molecule has 3 aromatic rings. The molecule has 0 fully saturated rings. The number of halogens is 2. The molecule has 0 unspecified atom stereocenters. The van der Waals surface area contributed by atoms with Crippen LogP contribution >= 0.6 is 24.0 Å². The highest BCUT2D eigenvalue weighted by atomic mass is 127. The predicted molar refractivity (Wildman–Crippen MR) is 133 cm³/mol. The summed E-state index contributed by atoms with van der Waals surface area (Å²) >= 11 is 0. The molecule has 2 heterocycles. The minimum atomic E-state index is -0.223. The van der Waals surface area contributed by atoms with Crippen LogP contribution in [0.5, 0.6) is 0 Å². The molecule has 5 nitrogen and oxygen atoms in total. The second-order valence-electron chi connectivity index (χ2n) is 7.15. The van der Waals surface area contributed by atoms with E-state index in [9.17, 15) is 4.39 Å². The Bertz CT molecular complexity index is 1020. The Morgan fingerprint density at radius 1 is 1.10 bits per heavy atom. The molecule has 2 aromatic carbocycles. The summed E-state index contributed by atoms with van der Waals surface area (Å²) in [6.45, 7) is 3.43. The summed E-state index contributed by atoms with van der Waals surface area (Å²) in [6.07, 6.45) is 7.16. The Hall–Kier alpha value is -2.55. The summed E-state index contributed by atoms with van der Waals surface area (Å²) in [5, 5.41) is 7.76. The number of aromatic amines is 1. The molecular formula is C23H27FIN5. The monoisotopic (exact) mass is 519 g/mol. The van der Waals surface area contributed by atoms with Crippen molar-refractivity contribution in [3.63, 3.8) is 0 Å². The minimum Gasteiger partial charge on any atom is -0.364 e. The van der Waals surface area contributed by atoms with Gasteiger partial charge in [-0.05, 0) is 47.9 Å². The average molecular weight is 519 g/mol. The summed E-state index contributed by atoms with van der Waals surface area (Å²) < 4.78 is 13.3. The molecule has 0 radical (unpaired) electrons. The van der Waals surface area contributed by atoms with E-state index in [-0.39, 0.29) is 29.8 Å². The van der Waals surface area contributed by atoms with Crippen LogP contribution in [0.15, 0.2) is 65.8 Å². The third-order valence-electron chi connectivity index (χ3n) is 5.22. The molecular weight excluding hydrogens is 492 g/mol. The molecule has 1 aliphatic heterocycles. The lowest BCUT2D eigenvalue weighted by Crippen LogP contribution is -2.37. The maximum Gasteiger partial charge on any atom is 0.191 e. The zero-order valence-corrected chi connectivity index (χ0v) is 19.3. The molecule has 0 amide bonds. The van der Waals surface area contributed by atoms with Crippen LogP contribution in [0.25, 0.3) is 10.9 Å². The van der Waals surface area contributed by atoms with Crippen molar-refractivity contribution in [1.82, 2.24) is 15.6 Å². The Kier molecular flexibility index (Phi) is 7.73. The Labute approximate surface area is 193 Å². The smallest absolute Gasteiger partial charge is 0.191 e. The number of benzene rings is 2. The zero-order valence-electron chi connectivity index (χ0n) is 17.0. The number of hydrogen-bond acceptors (Lipinski definition) is 2. The van der Waals surface area contributed by atoms with Gasteiger partial charge in [0, 0.05) is 56.0 Å². The molecule has 0 bridgehead atoms. The number of aliphatic imine (C=N–C) groups is 1. The van der Waals surface area contributed by atoms with Crippen molar-refractivity contribution in [2.75, 3.05) is 31.6 Å². The van der Waals surface area contributed by atoms with Gasteiger partial charge in [0.2, 0.25) is 0 Å². The highest BCUT2D eigenvalue weighted by Crippen LogP contribution is 2.19. The first-order chi connectivity index (χ1) is 14.2. The molecule has 1 aromatic heterocycles. The highest BCUT2D eigenvalue weighted by Gasteiger charge is 2.08. The normalized spacial score (nSPS) is 13.5. The van der Waals surface area contributed by atoms with E-state index in [1.165, 1.54) is 23.4 Å². The standard InChI is InChI=1S/C23H26FN5.HI/c1-25-23(26-11-10-18-16-27-22-14-19(24)6-9-21(18)22)28-15-17-4-7-20(8-5-17)29-12-2-3-13-29;/h2-9,14,16,27H,10-13,15H2,1H3,(H2,25,26,28);1H. The lowest BCUT2D eigenvalue weighted by Gasteiger charge is -2.18. The third-order valence-corrected chi connectivity index (χ3v) is 5.22. The molecule has 0 saturated carbocycles. The average Bonchev–Trinajstić information content (AvgIpc) is 3.41. The van der Waals surface area contributed by atoms with Gasteiger partial charge in [-0.1, -0.05) is 24.3 Å². The number of nitrogens with one attached hydrogen (secondary N) is 3. The van der Waals surface area contributed by atoms with Gasteiger partial charge in [-0.15, -0.1) is 24.0 Å². The van der Waals surface area contributed by atoms with Gasteiger partial charge >= 0.3 is 0 Å². The van der Waals surface area contributed by atoms with E-state index in [0.29, 0.717) is 6.54 Å². The van der Waals surface area contributed by atoms with E-state index in [1.807, 2.05) is 12.3 Å². The van der Waals surface area contributed by atoms with Crippen LogP contribution in [0.1, 0.15) is 11.1 Å². The first kappa shape index (κ1) is 22.1. The number of guanidine groups is 1. The molecule has 3 N–H and O–H groups in total. The number of nitrogens with zero attached hydrogens (tertiary/aromatic N) is 2. The van der Waals surface area contributed by atoms with Gasteiger partial charge in [-0.3, -0.25) is 4.99 Å². The summed E-state index contributed by atoms with van der Waals surface area (Å²) in [5.41, 5.74) is 4.45. The zero-order chi connectivity index (χ0) is 20.1. The van der Waals surface area contributed by atoms with Crippen molar-refractivity contribution in [1.29, 1.82) is 0 Å². The number of hydrogen-bond donors (Lipinski definition) is 3. The maximum atomic E-state index is 13.3. The van der Waals surface area contributed by atoms with Crippen LogP contribution in [0.3, 0.4) is 0 Å². The largest absolute Gasteiger partial charge is 0.364 e. The molecule has 0 spiro atoms. The third kappa shape index (κ3) is 5.33. The van der Waals surface area contributed by atoms with Gasteiger partial charge in [-0.25, -0.2) is 4.39 Å². The fourth-order valence-electron chi connectivity index (χ4n) is 3.60. The SMILES string of the molecule is CN=C(NCCc1c[nH]c2cc(F)ccc12)NCc1ccc(N2CC=CC2)cc1.I. The van der Waals surface area contributed by atoms with Gasteiger partial charge in [-0.2, -0.15) is 0 Å². The minimum absolute atomic E-state index is 0. The van der Waals surface area contributed by atoms with Gasteiger partial charge < -0.3 is 20.5 Å². The molecule has 158 valence electrons. The van der Waals surface area contributed by atoms with E-state index >= 15 is 0 Å². The lowest BCUT2D eigenvalue weighted by molar-refractivity contribution is 0.629. The Balaban J connectivity index is 0.00000256. The van der Waals surface area contributed by atoms with Gasteiger partial charge in [0.15, 0.2) is 5.96 Å². The first-order valence-electron chi connectivity index (χ1n) is 9.92. The second-order valence-corrected chi connectivity index (χ2v) is 7.15. The van der Waals surface area contributed by atoms with Gasteiger partial charge in [0.25, 0.3) is 0 Å². The van der Waals surface area contributed by atoms with Crippen molar-refractivity contribution >= 4 is 46.5 Å². The van der Waals surface area contributed by atoms with Crippen LogP contribution in [0.2, 0.25) is 0 Å². The van der Waals surface area contributed by atoms with E-state index in [2.05, 4.69) is 61.9 Å². The number of aromatic nitrogens is 1. The molecule has 0 atom stereocenters. The van der Waals surface area contributed by atoms with Crippen molar-refractivity contribution < 1.29 is 4.39 Å². The first-order valence-corrected chi connectivity index (χ1v) is 9.92. The van der Waals surface area contributed by atoms with Crippen LogP contribution in [0.4, 0.5) is 10.1 Å². The number of H-pyrrole nitrogens is 1. The Morgan fingerprint density at radius 2 is 1.87 bits per heavy atom.